The molecule has 0 aromatic carbocycles. The number of carboxylic acids is 1. The largest absolute Gasteiger partial charge is 0.481 e. The minimum Gasteiger partial charge on any atom is -0.481 e. The van der Waals surface area contributed by atoms with Crippen LogP contribution in [0.25, 0.3) is 0 Å². The van der Waals surface area contributed by atoms with Crippen molar-refractivity contribution in [2.45, 2.75) is 32.7 Å². The van der Waals surface area contributed by atoms with Gasteiger partial charge in [0.2, 0.25) is 5.91 Å². The Kier molecular flexibility index (Phi) is 1.84. The lowest BCUT2D eigenvalue weighted by atomic mass is 10.1. The van der Waals surface area contributed by atoms with Crippen molar-refractivity contribution in [2.24, 2.45) is 11.3 Å². The van der Waals surface area contributed by atoms with Crippen molar-refractivity contribution in [2.75, 3.05) is 6.54 Å². The van der Waals surface area contributed by atoms with Crippen LogP contribution in [-0.2, 0) is 9.59 Å². The summed E-state index contributed by atoms with van der Waals surface area (Å²) in [7, 11) is 0. The van der Waals surface area contributed by atoms with E-state index in [2.05, 4.69) is 13.8 Å². The van der Waals surface area contributed by atoms with E-state index in [-0.39, 0.29) is 23.8 Å². The van der Waals surface area contributed by atoms with Crippen molar-refractivity contribution < 1.29 is 14.7 Å². The summed E-state index contributed by atoms with van der Waals surface area (Å²) in [4.78, 5) is 24.0. The monoisotopic (exact) mass is 197 g/mol. The molecule has 2 aliphatic rings. The van der Waals surface area contributed by atoms with E-state index in [4.69, 9.17) is 5.11 Å². The lowest BCUT2D eigenvalue weighted by molar-refractivity contribution is -0.141. The summed E-state index contributed by atoms with van der Waals surface area (Å²) in [5.74, 6) is -1.33. The van der Waals surface area contributed by atoms with Gasteiger partial charge in [-0.25, -0.2) is 0 Å². The van der Waals surface area contributed by atoms with E-state index in [9.17, 15) is 9.59 Å². The number of likely N-dealkylation sites (tertiary alicyclic amines) is 1. The Morgan fingerprint density at radius 1 is 1.57 bits per heavy atom. The number of carbonyl (C=O) groups is 2. The number of amides is 1. The zero-order chi connectivity index (χ0) is 10.5. The van der Waals surface area contributed by atoms with E-state index in [1.54, 1.807) is 4.90 Å². The molecule has 4 nitrogen and oxygen atoms in total. The summed E-state index contributed by atoms with van der Waals surface area (Å²) in [6.07, 6.45) is 1.19. The van der Waals surface area contributed by atoms with Crippen molar-refractivity contribution in [3.8, 4) is 0 Å². The third-order valence-electron chi connectivity index (χ3n) is 3.35. The maximum absolute atomic E-state index is 11.5. The summed E-state index contributed by atoms with van der Waals surface area (Å²) >= 11 is 0. The van der Waals surface area contributed by atoms with Gasteiger partial charge >= 0.3 is 5.97 Å². The fourth-order valence-electron chi connectivity index (χ4n) is 2.17. The summed E-state index contributed by atoms with van der Waals surface area (Å²) in [5.41, 5.74) is 0.197. The molecule has 2 fully saturated rings. The molecule has 0 spiro atoms. The van der Waals surface area contributed by atoms with Gasteiger partial charge in [0.15, 0.2) is 0 Å². The van der Waals surface area contributed by atoms with Gasteiger partial charge in [0.05, 0.1) is 5.92 Å². The van der Waals surface area contributed by atoms with E-state index in [1.807, 2.05) is 0 Å². The Morgan fingerprint density at radius 2 is 2.14 bits per heavy atom. The quantitative estimate of drug-likeness (QED) is 0.709. The lowest BCUT2D eigenvalue weighted by Crippen LogP contribution is -2.31. The molecule has 2 atom stereocenters. The molecule has 2 rings (SSSR count). The summed E-state index contributed by atoms with van der Waals surface area (Å²) in [5, 5.41) is 8.80. The van der Waals surface area contributed by atoms with Crippen LogP contribution >= 0.6 is 0 Å². The Balaban J connectivity index is 2.03. The van der Waals surface area contributed by atoms with Gasteiger partial charge < -0.3 is 10.0 Å². The second kappa shape index (κ2) is 2.72. The van der Waals surface area contributed by atoms with Gasteiger partial charge in [-0.15, -0.1) is 0 Å². The molecule has 1 amide bonds. The summed E-state index contributed by atoms with van der Waals surface area (Å²) in [6.45, 7) is 4.63. The normalized spacial score (nSPS) is 34.7. The number of aliphatic carboxylic acids is 1. The maximum Gasteiger partial charge on any atom is 0.308 e. The van der Waals surface area contributed by atoms with Crippen molar-refractivity contribution in [1.29, 1.82) is 0 Å². The Labute approximate surface area is 82.9 Å². The average molecular weight is 197 g/mol. The first-order valence-corrected chi connectivity index (χ1v) is 4.94. The molecule has 0 aromatic rings. The third kappa shape index (κ3) is 1.38. The number of hydrogen-bond acceptors (Lipinski definition) is 2. The molecule has 1 heterocycles. The van der Waals surface area contributed by atoms with Gasteiger partial charge in [0, 0.05) is 19.0 Å². The van der Waals surface area contributed by atoms with Gasteiger partial charge in [-0.2, -0.15) is 0 Å². The van der Waals surface area contributed by atoms with Crippen LogP contribution in [0.1, 0.15) is 26.7 Å². The Hall–Kier alpha value is -1.06. The van der Waals surface area contributed by atoms with Crippen LogP contribution in [0.2, 0.25) is 0 Å². The van der Waals surface area contributed by atoms with Crippen LogP contribution in [-0.4, -0.2) is 34.5 Å². The molecule has 2 unspecified atom stereocenters. The zero-order valence-electron chi connectivity index (χ0n) is 8.49. The highest BCUT2D eigenvalue weighted by atomic mass is 16.4. The SMILES string of the molecule is CC1(C)CC1N1CC(C(=O)O)CC1=O. The van der Waals surface area contributed by atoms with E-state index < -0.39 is 11.9 Å². The van der Waals surface area contributed by atoms with Crippen LogP contribution in [0.4, 0.5) is 0 Å². The Bertz CT molecular complexity index is 298. The molecule has 1 aliphatic heterocycles. The molecule has 0 radical (unpaired) electrons. The minimum atomic E-state index is -0.848. The van der Waals surface area contributed by atoms with Crippen molar-refractivity contribution in [1.82, 2.24) is 4.90 Å². The van der Waals surface area contributed by atoms with Gasteiger partial charge in [-0.05, 0) is 11.8 Å². The highest BCUT2D eigenvalue weighted by Crippen LogP contribution is 2.50. The van der Waals surface area contributed by atoms with E-state index >= 15 is 0 Å². The molecule has 1 N–H and O–H groups in total. The first-order valence-electron chi connectivity index (χ1n) is 4.94. The molecular weight excluding hydrogens is 182 g/mol. The van der Waals surface area contributed by atoms with Gasteiger partial charge in [0.1, 0.15) is 0 Å². The smallest absolute Gasteiger partial charge is 0.308 e. The molecule has 1 aliphatic carbocycles. The number of carboxylic acid groups (broad SMARTS) is 1. The Morgan fingerprint density at radius 3 is 2.50 bits per heavy atom. The number of carbonyl (C=O) groups excluding carboxylic acids is 1. The molecule has 0 aromatic heterocycles. The number of rotatable bonds is 2. The molecule has 1 saturated carbocycles. The van der Waals surface area contributed by atoms with Gasteiger partial charge in [0.25, 0.3) is 0 Å². The fourth-order valence-corrected chi connectivity index (χ4v) is 2.17. The highest BCUT2D eigenvalue weighted by Gasteiger charge is 2.53. The third-order valence-corrected chi connectivity index (χ3v) is 3.35. The van der Waals surface area contributed by atoms with Crippen LogP contribution in [0.15, 0.2) is 0 Å². The van der Waals surface area contributed by atoms with E-state index in [1.165, 1.54) is 0 Å². The molecule has 0 bridgehead atoms. The van der Waals surface area contributed by atoms with E-state index in [0.717, 1.165) is 6.42 Å². The second-order valence-electron chi connectivity index (χ2n) is 4.99. The van der Waals surface area contributed by atoms with Gasteiger partial charge in [-0.3, -0.25) is 9.59 Å². The lowest BCUT2D eigenvalue weighted by Gasteiger charge is -2.17. The second-order valence-corrected chi connectivity index (χ2v) is 4.99. The first kappa shape index (κ1) is 9.49. The minimum absolute atomic E-state index is 0.00738. The predicted molar refractivity (Wildman–Crippen MR) is 49.6 cm³/mol. The zero-order valence-corrected chi connectivity index (χ0v) is 8.49. The average Bonchev–Trinajstić information content (AvgIpc) is 2.53. The molecular formula is C10H15NO3. The predicted octanol–water partition coefficient (Wildman–Crippen LogP) is 0.718. The van der Waals surface area contributed by atoms with Crippen molar-refractivity contribution >= 4 is 11.9 Å². The molecule has 78 valence electrons. The molecule has 1 saturated heterocycles. The standard InChI is InChI=1S/C10H15NO3/c1-10(2)4-7(10)11-5-6(9(13)14)3-8(11)12/h6-7H,3-5H2,1-2H3,(H,13,14). The summed E-state index contributed by atoms with van der Waals surface area (Å²) in [6, 6.07) is 0.277. The highest BCUT2D eigenvalue weighted by molar-refractivity contribution is 5.86. The maximum atomic E-state index is 11.5. The fraction of sp³-hybridized carbons (Fsp3) is 0.800. The molecule has 4 heteroatoms. The number of nitrogens with zero attached hydrogens (tertiary/aromatic N) is 1. The number of hydrogen-bond donors (Lipinski definition) is 1. The van der Waals surface area contributed by atoms with Crippen LogP contribution in [0.3, 0.4) is 0 Å². The van der Waals surface area contributed by atoms with Crippen LogP contribution < -0.4 is 0 Å². The van der Waals surface area contributed by atoms with Gasteiger partial charge in [-0.1, -0.05) is 13.8 Å². The van der Waals surface area contributed by atoms with Crippen molar-refractivity contribution in [3.63, 3.8) is 0 Å². The van der Waals surface area contributed by atoms with Crippen LogP contribution in [0.5, 0.6) is 0 Å². The topological polar surface area (TPSA) is 57.6 Å². The van der Waals surface area contributed by atoms with Crippen LogP contribution in [0, 0.1) is 11.3 Å². The van der Waals surface area contributed by atoms with E-state index in [0.29, 0.717) is 6.54 Å². The van der Waals surface area contributed by atoms with Crippen molar-refractivity contribution in [3.05, 3.63) is 0 Å². The molecule has 14 heavy (non-hydrogen) atoms. The summed E-state index contributed by atoms with van der Waals surface area (Å²) < 4.78 is 0. The first-order chi connectivity index (χ1) is 6.42.